The summed E-state index contributed by atoms with van der Waals surface area (Å²) in [5.74, 6) is -0.363. The highest BCUT2D eigenvalue weighted by Crippen LogP contribution is 2.20. The van der Waals surface area contributed by atoms with E-state index >= 15 is 0 Å². The van der Waals surface area contributed by atoms with Crippen molar-refractivity contribution >= 4 is 5.91 Å². The van der Waals surface area contributed by atoms with E-state index in [1.54, 1.807) is 0 Å². The zero-order chi connectivity index (χ0) is 15.2. The predicted octanol–water partition coefficient (Wildman–Crippen LogP) is 3.13. The van der Waals surface area contributed by atoms with E-state index in [4.69, 9.17) is 5.73 Å². The van der Waals surface area contributed by atoms with E-state index in [-0.39, 0.29) is 11.9 Å². The first-order valence-electron chi connectivity index (χ1n) is 7.31. The monoisotopic (exact) mass is 282 g/mol. The largest absolute Gasteiger partial charge is 0.368 e. The molecule has 0 spiro atoms. The molecule has 0 saturated carbocycles. The minimum absolute atomic E-state index is 0.0496. The molecular weight excluding hydrogens is 260 g/mol. The van der Waals surface area contributed by atoms with E-state index in [9.17, 15) is 4.79 Å². The van der Waals surface area contributed by atoms with E-state index in [0.29, 0.717) is 0 Å². The maximum absolute atomic E-state index is 11.7. The molecule has 1 amide bonds. The summed E-state index contributed by atoms with van der Waals surface area (Å²) in [5, 5.41) is 3.31. The molecule has 3 nitrogen and oxygen atoms in total. The molecule has 0 aliphatic carbocycles. The summed E-state index contributed by atoms with van der Waals surface area (Å²) < 4.78 is 0. The van der Waals surface area contributed by atoms with Gasteiger partial charge >= 0.3 is 0 Å². The zero-order valence-corrected chi connectivity index (χ0v) is 12.5. The lowest BCUT2D eigenvalue weighted by molar-refractivity contribution is -0.120. The molecule has 2 atom stereocenters. The normalized spacial score (nSPS) is 13.6. The Morgan fingerprint density at radius 3 is 2.19 bits per heavy atom. The van der Waals surface area contributed by atoms with Crippen molar-refractivity contribution in [2.45, 2.75) is 32.4 Å². The Morgan fingerprint density at radius 1 is 1.05 bits per heavy atom. The van der Waals surface area contributed by atoms with Crippen LogP contribution in [0.15, 0.2) is 54.6 Å². The number of amides is 1. The topological polar surface area (TPSA) is 55.1 Å². The van der Waals surface area contributed by atoms with E-state index in [1.165, 1.54) is 5.56 Å². The number of rotatable bonds is 6. The minimum atomic E-state index is -0.480. The average Bonchev–Trinajstić information content (AvgIpc) is 2.53. The van der Waals surface area contributed by atoms with E-state index in [0.717, 1.165) is 17.5 Å². The Morgan fingerprint density at radius 2 is 1.67 bits per heavy atom. The molecule has 0 heterocycles. The Labute approximate surface area is 126 Å². The Hall–Kier alpha value is -2.13. The Balaban J connectivity index is 2.14. The van der Waals surface area contributed by atoms with Crippen LogP contribution in [0.5, 0.6) is 0 Å². The first-order chi connectivity index (χ1) is 10.1. The molecule has 0 fully saturated rings. The lowest BCUT2D eigenvalue weighted by atomic mass is 10.0. The average molecular weight is 282 g/mol. The smallest absolute Gasteiger partial charge is 0.239 e. The molecule has 0 aliphatic heterocycles. The van der Waals surface area contributed by atoms with E-state index < -0.39 is 6.04 Å². The van der Waals surface area contributed by atoms with Gasteiger partial charge in [-0.3, -0.25) is 10.1 Å². The van der Waals surface area contributed by atoms with Gasteiger partial charge in [0.2, 0.25) is 5.91 Å². The van der Waals surface area contributed by atoms with Gasteiger partial charge < -0.3 is 5.73 Å². The van der Waals surface area contributed by atoms with Crippen molar-refractivity contribution in [3.05, 3.63) is 71.3 Å². The van der Waals surface area contributed by atoms with E-state index in [1.807, 2.05) is 37.3 Å². The highest BCUT2D eigenvalue weighted by Gasteiger charge is 2.20. The van der Waals surface area contributed by atoms with Crippen LogP contribution in [0, 0.1) is 0 Å². The molecule has 3 N–H and O–H groups in total. The van der Waals surface area contributed by atoms with Gasteiger partial charge in [-0.1, -0.05) is 61.5 Å². The first-order valence-corrected chi connectivity index (χ1v) is 7.31. The van der Waals surface area contributed by atoms with Crippen LogP contribution in [-0.4, -0.2) is 5.91 Å². The van der Waals surface area contributed by atoms with Crippen LogP contribution in [0.4, 0.5) is 0 Å². The number of nitrogens with one attached hydrogen (secondary N) is 1. The fraction of sp³-hybridized carbons (Fsp3) is 0.278. The lowest BCUT2D eigenvalue weighted by Gasteiger charge is -2.22. The number of carbonyl (C=O) groups excluding carboxylic acids is 1. The Bertz CT molecular complexity index is 578. The summed E-state index contributed by atoms with van der Waals surface area (Å²) in [4.78, 5) is 11.7. The van der Waals surface area contributed by atoms with Gasteiger partial charge in [-0.2, -0.15) is 0 Å². The molecule has 0 unspecified atom stereocenters. The summed E-state index contributed by atoms with van der Waals surface area (Å²) in [6.07, 6.45) is 1.02. The van der Waals surface area contributed by atoms with Crippen LogP contribution in [0.2, 0.25) is 0 Å². The molecule has 21 heavy (non-hydrogen) atoms. The van der Waals surface area contributed by atoms with Crippen LogP contribution < -0.4 is 11.1 Å². The minimum Gasteiger partial charge on any atom is -0.368 e. The highest BCUT2D eigenvalue weighted by atomic mass is 16.1. The van der Waals surface area contributed by atoms with Gasteiger partial charge in [0.05, 0.1) is 0 Å². The van der Waals surface area contributed by atoms with Crippen molar-refractivity contribution in [3.8, 4) is 0 Å². The quantitative estimate of drug-likeness (QED) is 0.855. The second-order valence-corrected chi connectivity index (χ2v) is 5.23. The number of benzene rings is 2. The molecule has 110 valence electrons. The third kappa shape index (κ3) is 3.92. The van der Waals surface area contributed by atoms with Crippen LogP contribution >= 0.6 is 0 Å². The molecule has 0 aromatic heterocycles. The molecule has 2 rings (SSSR count). The lowest BCUT2D eigenvalue weighted by Crippen LogP contribution is -2.35. The number of primary amides is 1. The molecule has 0 radical (unpaired) electrons. The second-order valence-electron chi connectivity index (χ2n) is 5.23. The van der Waals surface area contributed by atoms with Gasteiger partial charge in [-0.25, -0.2) is 0 Å². The molecular formula is C18H22N2O. The van der Waals surface area contributed by atoms with Crippen LogP contribution in [0.25, 0.3) is 0 Å². The Kier molecular flexibility index (Phi) is 5.12. The van der Waals surface area contributed by atoms with Gasteiger partial charge in [0.25, 0.3) is 0 Å². The fourth-order valence-corrected chi connectivity index (χ4v) is 2.38. The summed E-state index contributed by atoms with van der Waals surface area (Å²) in [6, 6.07) is 17.6. The van der Waals surface area contributed by atoms with Gasteiger partial charge in [0.15, 0.2) is 0 Å². The van der Waals surface area contributed by atoms with Crippen LogP contribution in [0.3, 0.4) is 0 Å². The van der Waals surface area contributed by atoms with Crippen molar-refractivity contribution in [2.75, 3.05) is 0 Å². The highest BCUT2D eigenvalue weighted by molar-refractivity contribution is 5.81. The van der Waals surface area contributed by atoms with E-state index in [2.05, 4.69) is 36.5 Å². The van der Waals surface area contributed by atoms with Gasteiger partial charge in [-0.05, 0) is 30.0 Å². The number of aryl methyl sites for hydroxylation is 1. The molecule has 3 heteroatoms. The van der Waals surface area contributed by atoms with Crippen molar-refractivity contribution in [3.63, 3.8) is 0 Å². The summed E-state index contributed by atoms with van der Waals surface area (Å²) in [6.45, 7) is 4.18. The number of hydrogen-bond acceptors (Lipinski definition) is 2. The number of carbonyl (C=O) groups is 1. The molecule has 2 aromatic rings. The van der Waals surface area contributed by atoms with Crippen molar-refractivity contribution < 1.29 is 4.79 Å². The third-order valence-electron chi connectivity index (χ3n) is 3.72. The molecule has 2 aromatic carbocycles. The van der Waals surface area contributed by atoms with Crippen LogP contribution in [-0.2, 0) is 11.2 Å². The predicted molar refractivity (Wildman–Crippen MR) is 85.7 cm³/mol. The van der Waals surface area contributed by atoms with Gasteiger partial charge in [0.1, 0.15) is 6.04 Å². The maximum Gasteiger partial charge on any atom is 0.239 e. The SMILES string of the molecule is CCc1ccc([C@@H](C)N[C@@H](C(N)=O)c2ccccc2)cc1. The first kappa shape index (κ1) is 15.3. The second kappa shape index (κ2) is 7.04. The van der Waals surface area contributed by atoms with Crippen molar-refractivity contribution in [2.24, 2.45) is 5.73 Å². The van der Waals surface area contributed by atoms with Gasteiger partial charge in [-0.15, -0.1) is 0 Å². The summed E-state index contributed by atoms with van der Waals surface area (Å²) >= 11 is 0. The van der Waals surface area contributed by atoms with Crippen molar-refractivity contribution in [1.29, 1.82) is 0 Å². The third-order valence-corrected chi connectivity index (χ3v) is 3.72. The number of hydrogen-bond donors (Lipinski definition) is 2. The molecule has 0 aliphatic rings. The van der Waals surface area contributed by atoms with Crippen LogP contribution in [0.1, 0.15) is 42.6 Å². The molecule has 0 saturated heterocycles. The summed E-state index contributed by atoms with van der Waals surface area (Å²) in [5.41, 5.74) is 8.88. The van der Waals surface area contributed by atoms with Gasteiger partial charge in [0, 0.05) is 6.04 Å². The summed E-state index contributed by atoms with van der Waals surface area (Å²) in [7, 11) is 0. The zero-order valence-electron chi connectivity index (χ0n) is 12.5. The fourth-order valence-electron chi connectivity index (χ4n) is 2.38. The standard InChI is InChI=1S/C18H22N2O/c1-3-14-9-11-15(12-10-14)13(2)20-17(18(19)21)16-7-5-4-6-8-16/h4-13,17,20H,3H2,1-2H3,(H2,19,21)/t13-,17-/m1/s1. The molecule has 0 bridgehead atoms. The van der Waals surface area contributed by atoms with Crippen molar-refractivity contribution in [1.82, 2.24) is 5.32 Å². The number of nitrogens with two attached hydrogens (primary N) is 1. The maximum atomic E-state index is 11.7.